The van der Waals surface area contributed by atoms with Crippen LogP contribution in [0.2, 0.25) is 0 Å². The molecule has 0 fully saturated rings. The lowest BCUT2D eigenvalue weighted by molar-refractivity contribution is 0.0971. The van der Waals surface area contributed by atoms with Crippen molar-refractivity contribution in [1.29, 1.82) is 0 Å². The van der Waals surface area contributed by atoms with Crippen LogP contribution in [0.3, 0.4) is 0 Å². The van der Waals surface area contributed by atoms with E-state index < -0.39 is 6.04 Å². The van der Waals surface area contributed by atoms with Crippen LogP contribution in [-0.4, -0.2) is 17.5 Å². The van der Waals surface area contributed by atoms with E-state index in [2.05, 4.69) is 11.6 Å². The van der Waals surface area contributed by atoms with E-state index in [9.17, 15) is 9.59 Å². The van der Waals surface area contributed by atoms with Gasteiger partial charge in [0.2, 0.25) is 5.76 Å². The number of thiazole rings is 1. The van der Waals surface area contributed by atoms with Gasteiger partial charge in [-0.05, 0) is 43.7 Å². The second kappa shape index (κ2) is 7.76. The molecule has 160 valence electrons. The van der Waals surface area contributed by atoms with Crippen LogP contribution in [0.5, 0.6) is 5.75 Å². The summed E-state index contributed by atoms with van der Waals surface area (Å²) in [4.78, 5) is 34.3. The number of hydrogen-bond acceptors (Lipinski definition) is 6. The zero-order valence-corrected chi connectivity index (χ0v) is 18.4. The van der Waals surface area contributed by atoms with Gasteiger partial charge in [-0.25, -0.2) is 4.98 Å². The molecule has 0 unspecified atom stereocenters. The summed E-state index contributed by atoms with van der Waals surface area (Å²) in [7, 11) is 0. The van der Waals surface area contributed by atoms with Gasteiger partial charge in [0.15, 0.2) is 10.6 Å². The first-order valence-electron chi connectivity index (χ1n) is 10.2. The molecule has 1 aliphatic rings. The van der Waals surface area contributed by atoms with E-state index in [0.29, 0.717) is 34.0 Å². The van der Waals surface area contributed by atoms with Crippen LogP contribution in [0.1, 0.15) is 38.3 Å². The summed E-state index contributed by atoms with van der Waals surface area (Å²) < 4.78 is 11.7. The Hall–Kier alpha value is -3.71. The monoisotopic (exact) mass is 444 g/mol. The van der Waals surface area contributed by atoms with Crippen molar-refractivity contribution in [3.05, 3.63) is 98.9 Å². The Labute approximate surface area is 188 Å². The standard InChI is InChI=1S/C25H20N2O4S/c1-4-12-30-17-9-7-8-16(13-17)21-20-22(28)18-10-5-6-11-19(18)31-23(20)24(29)27(21)25-26-14(2)15(3)32-25/h4-11,13,21H,1,12H2,2-3H3/t21-/m0/s1. The number of anilines is 1. The molecule has 0 radical (unpaired) electrons. The number of ether oxygens (including phenoxy) is 1. The van der Waals surface area contributed by atoms with Gasteiger partial charge in [0.1, 0.15) is 17.9 Å². The van der Waals surface area contributed by atoms with Gasteiger partial charge in [-0.15, -0.1) is 11.3 Å². The third-order valence-corrected chi connectivity index (χ3v) is 6.61. The fourth-order valence-electron chi connectivity index (χ4n) is 3.92. The van der Waals surface area contributed by atoms with Crippen molar-refractivity contribution in [2.45, 2.75) is 19.9 Å². The van der Waals surface area contributed by atoms with Gasteiger partial charge in [-0.2, -0.15) is 0 Å². The lowest BCUT2D eigenvalue weighted by atomic mass is 9.98. The summed E-state index contributed by atoms with van der Waals surface area (Å²) in [6.45, 7) is 7.89. The lowest BCUT2D eigenvalue weighted by Gasteiger charge is -2.23. The van der Waals surface area contributed by atoms with Crippen molar-refractivity contribution in [2.24, 2.45) is 0 Å². The van der Waals surface area contributed by atoms with E-state index in [0.717, 1.165) is 16.1 Å². The molecule has 7 heteroatoms. The lowest BCUT2D eigenvalue weighted by Crippen LogP contribution is -2.29. The van der Waals surface area contributed by atoms with Gasteiger partial charge >= 0.3 is 0 Å². The van der Waals surface area contributed by atoms with Crippen molar-refractivity contribution in [1.82, 2.24) is 4.98 Å². The van der Waals surface area contributed by atoms with Gasteiger partial charge in [0.05, 0.1) is 22.7 Å². The predicted molar refractivity (Wildman–Crippen MR) is 125 cm³/mol. The number of carbonyl (C=O) groups is 1. The highest BCUT2D eigenvalue weighted by Crippen LogP contribution is 2.43. The maximum atomic E-state index is 13.6. The van der Waals surface area contributed by atoms with E-state index in [1.54, 1.807) is 35.2 Å². The largest absolute Gasteiger partial charge is 0.490 e. The highest BCUT2D eigenvalue weighted by atomic mass is 32.1. The van der Waals surface area contributed by atoms with Crippen LogP contribution in [-0.2, 0) is 0 Å². The minimum Gasteiger partial charge on any atom is -0.490 e. The molecular weight excluding hydrogens is 424 g/mol. The maximum absolute atomic E-state index is 13.6. The molecule has 2 aromatic heterocycles. The highest BCUT2D eigenvalue weighted by Gasteiger charge is 2.45. The number of aryl methyl sites for hydroxylation is 2. The molecule has 0 aliphatic carbocycles. The van der Waals surface area contributed by atoms with Gasteiger partial charge in [-0.1, -0.05) is 36.9 Å². The fraction of sp³-hybridized carbons (Fsp3) is 0.160. The average molecular weight is 445 g/mol. The van der Waals surface area contributed by atoms with Crippen molar-refractivity contribution < 1.29 is 13.9 Å². The van der Waals surface area contributed by atoms with Crippen LogP contribution >= 0.6 is 11.3 Å². The number of carbonyl (C=O) groups excluding carboxylic acids is 1. The second-order valence-corrected chi connectivity index (χ2v) is 8.74. The SMILES string of the molecule is C=CCOc1cccc([C@H]2c3c(oc4ccccc4c3=O)C(=O)N2c2nc(C)c(C)s2)c1. The van der Waals surface area contributed by atoms with Gasteiger partial charge in [0, 0.05) is 4.88 Å². The Morgan fingerprint density at radius 3 is 2.75 bits per heavy atom. The molecule has 4 aromatic rings. The first kappa shape index (κ1) is 20.2. The van der Waals surface area contributed by atoms with Crippen molar-refractivity contribution in [2.75, 3.05) is 11.5 Å². The van der Waals surface area contributed by atoms with E-state index in [1.807, 2.05) is 38.1 Å². The second-order valence-electron chi connectivity index (χ2n) is 7.56. The van der Waals surface area contributed by atoms with Gasteiger partial charge < -0.3 is 9.15 Å². The maximum Gasteiger partial charge on any atom is 0.297 e. The van der Waals surface area contributed by atoms with E-state index in [-0.39, 0.29) is 17.1 Å². The summed E-state index contributed by atoms with van der Waals surface area (Å²) >= 11 is 1.42. The Morgan fingerprint density at radius 2 is 2.00 bits per heavy atom. The van der Waals surface area contributed by atoms with Crippen molar-refractivity contribution in [3.8, 4) is 5.75 Å². The average Bonchev–Trinajstić information content (AvgIpc) is 3.28. The van der Waals surface area contributed by atoms with Crippen LogP contribution in [0.4, 0.5) is 5.13 Å². The molecule has 0 spiro atoms. The van der Waals surface area contributed by atoms with Crippen molar-refractivity contribution >= 4 is 33.3 Å². The Morgan fingerprint density at radius 1 is 1.19 bits per heavy atom. The number of benzene rings is 2. The van der Waals surface area contributed by atoms with E-state index in [4.69, 9.17) is 9.15 Å². The number of nitrogens with zero attached hydrogens (tertiary/aromatic N) is 2. The van der Waals surface area contributed by atoms with Crippen molar-refractivity contribution in [3.63, 3.8) is 0 Å². The number of aromatic nitrogens is 1. The third-order valence-electron chi connectivity index (χ3n) is 5.54. The predicted octanol–water partition coefficient (Wildman–Crippen LogP) is 5.18. The first-order valence-corrected chi connectivity index (χ1v) is 11.0. The number of fused-ring (bicyclic) bond motifs is 2. The molecule has 6 nitrogen and oxygen atoms in total. The molecule has 2 aromatic carbocycles. The number of hydrogen-bond donors (Lipinski definition) is 0. The molecule has 3 heterocycles. The zero-order valence-electron chi connectivity index (χ0n) is 17.6. The fourth-order valence-corrected chi connectivity index (χ4v) is 4.86. The van der Waals surface area contributed by atoms with Crippen LogP contribution in [0.25, 0.3) is 11.0 Å². The molecule has 0 saturated heterocycles. The Balaban J connectivity index is 1.76. The number of rotatable bonds is 5. The summed E-state index contributed by atoms with van der Waals surface area (Å²) in [6.07, 6.45) is 1.66. The summed E-state index contributed by atoms with van der Waals surface area (Å²) in [5.41, 5.74) is 2.08. The molecule has 0 saturated carbocycles. The molecule has 1 aliphatic heterocycles. The van der Waals surface area contributed by atoms with E-state index in [1.165, 1.54) is 11.3 Å². The minimum atomic E-state index is -0.671. The molecular formula is C25H20N2O4S. The zero-order chi connectivity index (χ0) is 22.4. The van der Waals surface area contributed by atoms with Crippen LogP contribution in [0.15, 0.2) is 70.4 Å². The summed E-state index contributed by atoms with van der Waals surface area (Å²) in [6, 6.07) is 13.7. The van der Waals surface area contributed by atoms with Gasteiger partial charge in [-0.3, -0.25) is 14.5 Å². The smallest absolute Gasteiger partial charge is 0.297 e. The topological polar surface area (TPSA) is 72.6 Å². The molecule has 0 bridgehead atoms. The first-order chi connectivity index (χ1) is 15.5. The molecule has 5 rings (SSSR count). The number of amides is 1. The Bertz CT molecular complexity index is 1420. The van der Waals surface area contributed by atoms with E-state index >= 15 is 0 Å². The minimum absolute atomic E-state index is 0.0571. The summed E-state index contributed by atoms with van der Waals surface area (Å²) in [5.74, 6) is 0.306. The van der Waals surface area contributed by atoms with Gasteiger partial charge in [0.25, 0.3) is 5.91 Å². The van der Waals surface area contributed by atoms with Crippen LogP contribution in [0, 0.1) is 13.8 Å². The molecule has 0 N–H and O–H groups in total. The molecule has 1 atom stereocenters. The molecule has 1 amide bonds. The highest BCUT2D eigenvalue weighted by molar-refractivity contribution is 7.15. The number of para-hydroxylation sites is 1. The molecule has 32 heavy (non-hydrogen) atoms. The quantitative estimate of drug-likeness (QED) is 0.397. The Kier molecular flexibility index (Phi) is 4.90. The normalized spacial score (nSPS) is 15.2. The third kappa shape index (κ3) is 3.13. The van der Waals surface area contributed by atoms with Crippen LogP contribution < -0.4 is 15.1 Å². The summed E-state index contributed by atoms with van der Waals surface area (Å²) in [5, 5.41) is 0.971.